The van der Waals surface area contributed by atoms with E-state index in [1.54, 1.807) is 0 Å². The summed E-state index contributed by atoms with van der Waals surface area (Å²) in [7, 11) is -11.1. The molecule has 8 rings (SSSR count). The predicted molar refractivity (Wildman–Crippen MR) is 288 cm³/mol. The number of hydrogen-bond donors (Lipinski definition) is 28. The second-order valence-corrected chi connectivity index (χ2v) is 26.5. The van der Waals surface area contributed by atoms with Crippen LogP contribution in [0.2, 0.25) is 0 Å². The summed E-state index contributed by atoms with van der Waals surface area (Å²) in [5.74, 6) is 0. The monoisotopic (exact) mass is 1470 g/mol. The fourth-order valence-electron chi connectivity index (χ4n) is 11.4. The maximum atomic E-state index is 13.4. The normalized spacial score (nSPS) is 50.9. The highest BCUT2D eigenvalue weighted by Crippen LogP contribution is 2.49. The summed E-state index contributed by atoms with van der Waals surface area (Å²) in [6.07, 6.45) is -83.1. The molecule has 47 nitrogen and oxygen atoms in total. The van der Waals surface area contributed by atoms with Gasteiger partial charge in [-0.15, -0.1) is 0 Å². The second-order valence-electron chi connectivity index (χ2n) is 23.7. The third kappa shape index (κ3) is 18.1. The standard InChI is InChI=1S/C48H85NO46P2/c49-17-24(62)37(13(5-54)82-41(17)74)90-44-33(71)38(22(60)12(4-53)83-44)91-45-34(72)39(23(61)16(88-45)8-81-97(77,78)95-48-32(70)26(64)19(57)11(3-52)85-48)92-46-35(73)40(36(89-46)9(55)1-50)93-43-30(68)28(66)20(58)14(87-43)6-79-42-29(67)27(65)21(59)15(86-42)7-80-96(75,76)94-47-31(69)25(63)18(56)10(2-51)84-47/h9-48,50-74H,1-8,49H2,(H,75,76)(H,77,78)/t9-,10-,11-,12-,13-,14-,15-,16-,17-,18-,19-,20+,21+,22-,23-,24-,25+,26+,27+,28+,29-,30-,31+,32-,33+,34+,35-,36+,37-,38+,39+,40-,41?,42+,43-,44-,45-,46+,47-,48-/m1/s1. The van der Waals surface area contributed by atoms with Gasteiger partial charge in [-0.05, 0) is 0 Å². The van der Waals surface area contributed by atoms with E-state index in [1.165, 1.54) is 0 Å². The predicted octanol–water partition coefficient (Wildman–Crippen LogP) is -18.3. The molecule has 0 aliphatic carbocycles. The van der Waals surface area contributed by atoms with E-state index in [0.29, 0.717) is 0 Å². The Morgan fingerprint density at radius 1 is 0.330 bits per heavy atom. The molecular weight excluding hydrogens is 1390 g/mol. The van der Waals surface area contributed by atoms with Crippen LogP contribution in [0.25, 0.3) is 0 Å². The van der Waals surface area contributed by atoms with Crippen LogP contribution < -0.4 is 5.73 Å². The zero-order valence-corrected chi connectivity index (χ0v) is 51.8. The first-order valence-electron chi connectivity index (χ1n) is 29.7. The lowest BCUT2D eigenvalue weighted by atomic mass is 9.95. The topological polar surface area (TPSA) is 763 Å². The maximum absolute atomic E-state index is 13.4. The number of rotatable bonds is 27. The van der Waals surface area contributed by atoms with Gasteiger partial charge in [0.15, 0.2) is 50.3 Å². The number of phosphoric ester groups is 2. The first kappa shape index (κ1) is 81.3. The largest absolute Gasteiger partial charge is 0.474 e. The van der Waals surface area contributed by atoms with Gasteiger partial charge in [-0.1, -0.05) is 0 Å². The van der Waals surface area contributed by atoms with E-state index in [4.69, 9.17) is 85.4 Å². The lowest BCUT2D eigenvalue weighted by Crippen LogP contribution is -2.67. The summed E-state index contributed by atoms with van der Waals surface area (Å²) in [5.41, 5.74) is 5.81. The Bertz CT molecular complexity index is 2530. The van der Waals surface area contributed by atoms with Gasteiger partial charge in [-0.2, -0.15) is 0 Å². The van der Waals surface area contributed by atoms with Gasteiger partial charge in [0.1, 0.15) is 189 Å². The van der Waals surface area contributed by atoms with E-state index in [1.807, 2.05) is 0 Å². The van der Waals surface area contributed by atoms with Gasteiger partial charge in [0, 0.05) is 0 Å². The lowest BCUT2D eigenvalue weighted by Gasteiger charge is -2.48. The minimum atomic E-state index is -5.69. The van der Waals surface area contributed by atoms with E-state index in [2.05, 4.69) is 0 Å². The van der Waals surface area contributed by atoms with Gasteiger partial charge < -0.3 is 205 Å². The van der Waals surface area contributed by atoms with Crippen molar-refractivity contribution >= 4 is 15.6 Å². The minimum absolute atomic E-state index is 0.953. The molecule has 8 heterocycles. The van der Waals surface area contributed by atoms with Crippen molar-refractivity contribution in [1.29, 1.82) is 0 Å². The van der Waals surface area contributed by atoms with E-state index in [-0.39, 0.29) is 0 Å². The molecule has 29 N–H and O–H groups in total. The summed E-state index contributed by atoms with van der Waals surface area (Å²) >= 11 is 0. The van der Waals surface area contributed by atoms with Crippen molar-refractivity contribution in [2.24, 2.45) is 5.73 Å². The molecule has 97 heavy (non-hydrogen) atoms. The van der Waals surface area contributed by atoms with Crippen molar-refractivity contribution in [3.63, 3.8) is 0 Å². The minimum Gasteiger partial charge on any atom is -0.394 e. The Balaban J connectivity index is 0.981. The molecule has 568 valence electrons. The third-order valence-corrected chi connectivity index (χ3v) is 19.0. The zero-order valence-electron chi connectivity index (χ0n) is 50.1. The van der Waals surface area contributed by atoms with Crippen LogP contribution in [0, 0.1) is 0 Å². The highest BCUT2D eigenvalue weighted by Gasteiger charge is 2.59. The van der Waals surface area contributed by atoms with E-state index < -0.39 is 314 Å². The fourth-order valence-corrected chi connectivity index (χ4v) is 13.1. The summed E-state index contributed by atoms with van der Waals surface area (Å²) < 4.78 is 118. The van der Waals surface area contributed by atoms with Crippen LogP contribution in [0.3, 0.4) is 0 Å². The fraction of sp³-hybridized carbons (Fsp3) is 1.00. The summed E-state index contributed by atoms with van der Waals surface area (Å²) in [6, 6.07) is -1.60. The molecule has 0 aromatic rings. The maximum Gasteiger partial charge on any atom is 0.474 e. The van der Waals surface area contributed by atoms with Crippen molar-refractivity contribution < 1.29 is 226 Å². The number of aliphatic hydroxyl groups is 25. The zero-order chi connectivity index (χ0) is 71.8. The Morgan fingerprint density at radius 3 is 1.10 bits per heavy atom. The highest BCUT2D eigenvalue weighted by molar-refractivity contribution is 7.47. The molecule has 0 aromatic heterocycles. The average Bonchev–Trinajstić information content (AvgIpc) is 1.71. The number of hydrogen-bond acceptors (Lipinski definition) is 45. The van der Waals surface area contributed by atoms with E-state index in [0.717, 1.165) is 0 Å². The molecule has 0 amide bonds. The van der Waals surface area contributed by atoms with Crippen LogP contribution in [0.1, 0.15) is 0 Å². The number of aliphatic hydroxyl groups excluding tert-OH is 25. The van der Waals surface area contributed by atoms with Crippen LogP contribution in [0.15, 0.2) is 0 Å². The lowest BCUT2D eigenvalue weighted by molar-refractivity contribution is -0.380. The quantitative estimate of drug-likeness (QED) is 0.0340. The Labute approximate surface area is 545 Å². The molecule has 0 bridgehead atoms. The van der Waals surface area contributed by atoms with Crippen LogP contribution in [-0.2, 0) is 88.8 Å². The molecule has 8 aliphatic heterocycles. The van der Waals surface area contributed by atoms with Crippen LogP contribution >= 0.6 is 15.6 Å². The first-order valence-corrected chi connectivity index (χ1v) is 32.7. The summed E-state index contributed by atoms with van der Waals surface area (Å²) in [5, 5.41) is 267. The summed E-state index contributed by atoms with van der Waals surface area (Å²) in [4.78, 5) is 21.2. The van der Waals surface area contributed by atoms with Gasteiger partial charge in [0.2, 0.25) is 0 Å². The molecular formula is C48H85NO46P2. The molecule has 0 spiro atoms. The summed E-state index contributed by atoms with van der Waals surface area (Å²) in [6.45, 7) is -8.98. The average molecular weight is 1470 g/mol. The van der Waals surface area contributed by atoms with Gasteiger partial charge in [-0.3, -0.25) is 18.1 Å². The number of nitrogens with two attached hydrogens (primary N) is 1. The van der Waals surface area contributed by atoms with Crippen molar-refractivity contribution in [3.05, 3.63) is 0 Å². The smallest absolute Gasteiger partial charge is 0.394 e. The van der Waals surface area contributed by atoms with Crippen molar-refractivity contribution in [1.82, 2.24) is 0 Å². The van der Waals surface area contributed by atoms with E-state index in [9.17, 15) is 147 Å². The van der Waals surface area contributed by atoms with Gasteiger partial charge in [0.25, 0.3) is 0 Å². The van der Waals surface area contributed by atoms with Crippen LogP contribution in [0.4, 0.5) is 0 Å². The number of phosphoric acid groups is 2. The van der Waals surface area contributed by atoms with Crippen molar-refractivity contribution in [3.8, 4) is 0 Å². The molecule has 0 aromatic carbocycles. The SMILES string of the molecule is N[C@H]1C(O)O[C@H](CO)[C@@H](O[C@H]2O[C@H](CO)[C@@H](O)[C@H](O[C@H]3O[C@H](COP(=O)(O)O[C@H]4O[C@H](CO)[C@@H](O)[C@H](O)[C@H]4O)[C@@H](O)[C@H](O[C@@H]4O[C@@H]([C@H](O)CO)[C@H](O[C@H]5O[C@H](CO[C@H]6O[C@H](COP(=O)(O)O[C@H]7O[C@H](CO)[C@@H](O)[C@H](O)[C@@H]7O)[C@H](O)[C@H](O)[C@H]6O)[C@H](O)[C@H](O)[C@H]5O)[C@H]4O)[C@@H]3O)[C@@H]2O)[C@@H]1O. The van der Waals surface area contributed by atoms with Crippen LogP contribution in [-0.4, -0.2) is 436 Å². The number of ether oxygens (including phenoxy) is 13. The van der Waals surface area contributed by atoms with Gasteiger partial charge >= 0.3 is 15.6 Å². The molecule has 8 aliphatic rings. The molecule has 49 heteroatoms. The molecule has 8 fully saturated rings. The van der Waals surface area contributed by atoms with Gasteiger partial charge in [-0.25, -0.2) is 9.13 Å². The van der Waals surface area contributed by atoms with E-state index >= 15 is 0 Å². The van der Waals surface area contributed by atoms with Crippen molar-refractivity contribution in [2.45, 2.75) is 246 Å². The first-order chi connectivity index (χ1) is 45.5. The molecule has 0 saturated carbocycles. The van der Waals surface area contributed by atoms with Crippen LogP contribution in [0.5, 0.6) is 0 Å². The Hall–Kier alpha value is -1.34. The molecule has 42 atom stereocenters. The van der Waals surface area contributed by atoms with Crippen molar-refractivity contribution in [2.75, 3.05) is 52.9 Å². The van der Waals surface area contributed by atoms with Gasteiger partial charge in [0.05, 0.1) is 58.9 Å². The highest BCUT2D eigenvalue weighted by atomic mass is 31.2. The molecule has 8 saturated heterocycles. The molecule has 0 radical (unpaired) electrons. The third-order valence-electron chi connectivity index (χ3n) is 17.1. The Morgan fingerprint density at radius 2 is 0.649 bits per heavy atom. The molecule has 3 unspecified atom stereocenters. The second kappa shape index (κ2) is 34.3. The Kier molecular flexibility index (Phi) is 28.7.